The SMILES string of the molecule is CCCC(Nc1ccccc1Cl)C(=O)OC. The van der Waals surface area contributed by atoms with Gasteiger partial charge in [-0.3, -0.25) is 0 Å². The molecule has 1 atom stereocenters. The van der Waals surface area contributed by atoms with Gasteiger partial charge >= 0.3 is 5.97 Å². The van der Waals surface area contributed by atoms with Crippen LogP contribution in [0.2, 0.25) is 5.02 Å². The molecular formula is C12H16ClNO2. The number of para-hydroxylation sites is 1. The van der Waals surface area contributed by atoms with Crippen LogP contribution in [0.3, 0.4) is 0 Å². The van der Waals surface area contributed by atoms with E-state index in [0.29, 0.717) is 5.02 Å². The van der Waals surface area contributed by atoms with E-state index in [4.69, 9.17) is 16.3 Å². The van der Waals surface area contributed by atoms with Crippen LogP contribution in [0.25, 0.3) is 0 Å². The van der Waals surface area contributed by atoms with Gasteiger partial charge in [-0.1, -0.05) is 37.1 Å². The lowest BCUT2D eigenvalue weighted by atomic mass is 10.1. The van der Waals surface area contributed by atoms with Crippen molar-refractivity contribution in [3.63, 3.8) is 0 Å². The molecule has 88 valence electrons. The third-order valence-corrected chi connectivity index (χ3v) is 2.60. The predicted molar refractivity (Wildman–Crippen MR) is 65.8 cm³/mol. The van der Waals surface area contributed by atoms with Gasteiger partial charge in [0, 0.05) is 0 Å². The van der Waals surface area contributed by atoms with Crippen LogP contribution >= 0.6 is 11.6 Å². The number of halogens is 1. The third-order valence-electron chi connectivity index (χ3n) is 2.27. The molecule has 3 nitrogen and oxygen atoms in total. The quantitative estimate of drug-likeness (QED) is 0.805. The molecule has 0 saturated heterocycles. The molecule has 1 unspecified atom stereocenters. The summed E-state index contributed by atoms with van der Waals surface area (Å²) in [5, 5.41) is 3.70. The molecule has 0 bridgehead atoms. The van der Waals surface area contributed by atoms with Crippen molar-refractivity contribution in [3.8, 4) is 0 Å². The van der Waals surface area contributed by atoms with Gasteiger partial charge in [-0.05, 0) is 18.6 Å². The molecule has 1 aromatic carbocycles. The Kier molecular flexibility index (Phi) is 5.12. The van der Waals surface area contributed by atoms with Gasteiger partial charge in [0.05, 0.1) is 17.8 Å². The minimum absolute atomic E-state index is 0.262. The number of methoxy groups -OCH3 is 1. The molecule has 4 heteroatoms. The fraction of sp³-hybridized carbons (Fsp3) is 0.417. The Balaban J connectivity index is 2.75. The van der Waals surface area contributed by atoms with Crippen LogP contribution in [0.1, 0.15) is 19.8 Å². The van der Waals surface area contributed by atoms with Gasteiger partial charge in [0.25, 0.3) is 0 Å². The van der Waals surface area contributed by atoms with E-state index >= 15 is 0 Å². The molecule has 1 N–H and O–H groups in total. The summed E-state index contributed by atoms with van der Waals surface area (Å²) in [5.74, 6) is -0.262. The molecule has 0 amide bonds. The van der Waals surface area contributed by atoms with Crippen molar-refractivity contribution in [2.24, 2.45) is 0 Å². The second kappa shape index (κ2) is 6.38. The van der Waals surface area contributed by atoms with E-state index in [1.54, 1.807) is 6.07 Å². The van der Waals surface area contributed by atoms with Crippen molar-refractivity contribution >= 4 is 23.3 Å². The minimum atomic E-state index is -0.338. The number of esters is 1. The van der Waals surface area contributed by atoms with Crippen LogP contribution in [0.4, 0.5) is 5.69 Å². The zero-order valence-corrected chi connectivity index (χ0v) is 10.3. The van der Waals surface area contributed by atoms with Gasteiger partial charge in [0.1, 0.15) is 6.04 Å². The lowest BCUT2D eigenvalue weighted by Crippen LogP contribution is -2.30. The Morgan fingerprint density at radius 2 is 2.19 bits per heavy atom. The summed E-state index contributed by atoms with van der Waals surface area (Å²) >= 11 is 6.00. The molecule has 0 heterocycles. The summed E-state index contributed by atoms with van der Waals surface area (Å²) in [6.07, 6.45) is 1.62. The predicted octanol–water partition coefficient (Wildman–Crippen LogP) is 3.09. The summed E-state index contributed by atoms with van der Waals surface area (Å²) in [4.78, 5) is 11.5. The van der Waals surface area contributed by atoms with E-state index < -0.39 is 0 Å². The number of benzene rings is 1. The van der Waals surface area contributed by atoms with E-state index in [2.05, 4.69) is 5.32 Å². The maximum atomic E-state index is 11.5. The molecule has 0 spiro atoms. The van der Waals surface area contributed by atoms with Gasteiger partial charge in [-0.2, -0.15) is 0 Å². The molecule has 0 radical (unpaired) electrons. The monoisotopic (exact) mass is 241 g/mol. The number of carbonyl (C=O) groups excluding carboxylic acids is 1. The molecule has 0 aliphatic heterocycles. The lowest BCUT2D eigenvalue weighted by Gasteiger charge is -2.17. The first-order valence-corrected chi connectivity index (χ1v) is 5.65. The zero-order chi connectivity index (χ0) is 12.0. The second-order valence-electron chi connectivity index (χ2n) is 3.49. The maximum Gasteiger partial charge on any atom is 0.328 e. The van der Waals surface area contributed by atoms with Crippen LogP contribution in [-0.4, -0.2) is 19.1 Å². The van der Waals surface area contributed by atoms with Crippen LogP contribution in [0, 0.1) is 0 Å². The Hall–Kier alpha value is -1.22. The van der Waals surface area contributed by atoms with Crippen LogP contribution in [0.5, 0.6) is 0 Å². The Morgan fingerprint density at radius 1 is 1.50 bits per heavy atom. The van der Waals surface area contributed by atoms with E-state index in [9.17, 15) is 4.79 Å². The van der Waals surface area contributed by atoms with E-state index in [-0.39, 0.29) is 12.0 Å². The molecule has 0 fully saturated rings. The van der Waals surface area contributed by atoms with Crippen molar-refractivity contribution < 1.29 is 9.53 Å². The first kappa shape index (κ1) is 12.8. The number of ether oxygens (including phenoxy) is 1. The number of hydrogen-bond donors (Lipinski definition) is 1. The van der Waals surface area contributed by atoms with Crippen LogP contribution in [-0.2, 0) is 9.53 Å². The lowest BCUT2D eigenvalue weighted by molar-refractivity contribution is -0.141. The van der Waals surface area contributed by atoms with Gasteiger partial charge < -0.3 is 10.1 Å². The molecule has 0 aliphatic rings. The second-order valence-corrected chi connectivity index (χ2v) is 3.90. The number of carbonyl (C=O) groups is 1. The third kappa shape index (κ3) is 3.42. The molecule has 1 rings (SSSR count). The highest BCUT2D eigenvalue weighted by molar-refractivity contribution is 6.33. The summed E-state index contributed by atoms with van der Waals surface area (Å²) in [6, 6.07) is 7.00. The summed E-state index contributed by atoms with van der Waals surface area (Å²) < 4.78 is 4.73. The summed E-state index contributed by atoms with van der Waals surface area (Å²) in [5.41, 5.74) is 0.757. The van der Waals surface area contributed by atoms with Gasteiger partial charge in [0.2, 0.25) is 0 Å². The van der Waals surface area contributed by atoms with Gasteiger partial charge in [0.15, 0.2) is 0 Å². The van der Waals surface area contributed by atoms with E-state index in [0.717, 1.165) is 18.5 Å². The highest BCUT2D eigenvalue weighted by Crippen LogP contribution is 2.22. The number of nitrogens with one attached hydrogen (secondary N) is 1. The maximum absolute atomic E-state index is 11.5. The minimum Gasteiger partial charge on any atom is -0.467 e. The largest absolute Gasteiger partial charge is 0.467 e. The van der Waals surface area contributed by atoms with Crippen molar-refractivity contribution in [2.75, 3.05) is 12.4 Å². The average molecular weight is 242 g/mol. The normalized spacial score (nSPS) is 11.9. The first-order valence-electron chi connectivity index (χ1n) is 5.28. The fourth-order valence-electron chi connectivity index (χ4n) is 1.45. The number of rotatable bonds is 5. The Morgan fingerprint density at radius 3 is 2.75 bits per heavy atom. The Labute approximate surface area is 101 Å². The smallest absolute Gasteiger partial charge is 0.328 e. The van der Waals surface area contributed by atoms with Gasteiger partial charge in [-0.15, -0.1) is 0 Å². The highest BCUT2D eigenvalue weighted by Gasteiger charge is 2.18. The standard InChI is InChI=1S/C12H16ClNO2/c1-3-6-11(12(15)16-2)14-10-8-5-4-7-9(10)13/h4-5,7-8,11,14H,3,6H2,1-2H3. The molecular weight excluding hydrogens is 226 g/mol. The van der Waals surface area contributed by atoms with Crippen molar-refractivity contribution in [3.05, 3.63) is 29.3 Å². The zero-order valence-electron chi connectivity index (χ0n) is 9.50. The van der Waals surface area contributed by atoms with Gasteiger partial charge in [-0.25, -0.2) is 4.79 Å². The average Bonchev–Trinajstić information content (AvgIpc) is 2.30. The van der Waals surface area contributed by atoms with Crippen molar-refractivity contribution in [1.29, 1.82) is 0 Å². The molecule has 1 aromatic rings. The summed E-state index contributed by atoms with van der Waals surface area (Å²) in [7, 11) is 1.39. The topological polar surface area (TPSA) is 38.3 Å². The van der Waals surface area contributed by atoms with E-state index in [1.807, 2.05) is 25.1 Å². The van der Waals surface area contributed by atoms with Crippen LogP contribution in [0.15, 0.2) is 24.3 Å². The molecule has 0 saturated carbocycles. The molecule has 0 aromatic heterocycles. The fourth-order valence-corrected chi connectivity index (χ4v) is 1.64. The molecule has 16 heavy (non-hydrogen) atoms. The van der Waals surface area contributed by atoms with E-state index in [1.165, 1.54) is 7.11 Å². The van der Waals surface area contributed by atoms with Crippen LogP contribution < -0.4 is 5.32 Å². The number of anilines is 1. The van der Waals surface area contributed by atoms with Crippen molar-refractivity contribution in [1.82, 2.24) is 0 Å². The highest BCUT2D eigenvalue weighted by atomic mass is 35.5. The number of hydrogen-bond acceptors (Lipinski definition) is 3. The molecule has 0 aliphatic carbocycles. The first-order chi connectivity index (χ1) is 7.69. The summed E-state index contributed by atoms with van der Waals surface area (Å²) in [6.45, 7) is 2.02. The van der Waals surface area contributed by atoms with Crippen molar-refractivity contribution in [2.45, 2.75) is 25.8 Å². The Bertz CT molecular complexity index is 355.